The molecule has 1 N–H and O–H groups in total. The molecule has 0 aliphatic carbocycles. The maximum absolute atomic E-state index is 13.8. The molecular formula is C36H28ClN3O5S2. The SMILES string of the molecule is C[C@H]1Cc2cc(/C(O)=C3\C(=O)C(=O)N(c4nnc(SCc5ccc(Cl)cc5)s4)[C@@H]3c3cccc(OCc4ccccc4)c3)ccc2O1. The van der Waals surface area contributed by atoms with Crippen LogP contribution in [0.25, 0.3) is 5.76 Å². The van der Waals surface area contributed by atoms with E-state index < -0.39 is 17.7 Å². The van der Waals surface area contributed by atoms with E-state index in [4.69, 9.17) is 21.1 Å². The predicted octanol–water partition coefficient (Wildman–Crippen LogP) is 8.01. The van der Waals surface area contributed by atoms with E-state index in [1.54, 1.807) is 24.3 Å². The van der Waals surface area contributed by atoms with Gasteiger partial charge in [0.15, 0.2) is 4.34 Å². The van der Waals surface area contributed by atoms with Crippen molar-refractivity contribution >= 4 is 57.3 Å². The topological polar surface area (TPSA) is 102 Å². The van der Waals surface area contributed by atoms with E-state index in [0.717, 1.165) is 22.4 Å². The summed E-state index contributed by atoms with van der Waals surface area (Å²) in [6.07, 6.45) is 0.687. The van der Waals surface area contributed by atoms with Crippen molar-refractivity contribution in [2.75, 3.05) is 4.90 Å². The third kappa shape index (κ3) is 6.49. The summed E-state index contributed by atoms with van der Waals surface area (Å²) in [7, 11) is 0. The lowest BCUT2D eigenvalue weighted by atomic mass is 9.94. The second-order valence-corrected chi connectivity index (χ2v) is 13.9. The van der Waals surface area contributed by atoms with Gasteiger partial charge in [-0.3, -0.25) is 14.5 Å². The van der Waals surface area contributed by atoms with Crippen LogP contribution in [0, 0.1) is 0 Å². The van der Waals surface area contributed by atoms with Gasteiger partial charge in [0.2, 0.25) is 5.13 Å². The lowest BCUT2D eigenvalue weighted by Gasteiger charge is -2.23. The van der Waals surface area contributed by atoms with E-state index in [1.165, 1.54) is 28.0 Å². The third-order valence-electron chi connectivity index (χ3n) is 7.91. The van der Waals surface area contributed by atoms with Crippen LogP contribution in [0.2, 0.25) is 5.02 Å². The van der Waals surface area contributed by atoms with Crippen molar-refractivity contribution in [3.63, 3.8) is 0 Å². The van der Waals surface area contributed by atoms with Gasteiger partial charge in [0.05, 0.1) is 11.6 Å². The zero-order chi connectivity index (χ0) is 32.5. The highest BCUT2D eigenvalue weighted by Gasteiger charge is 2.48. The number of ketones is 1. The molecule has 4 aromatic carbocycles. The highest BCUT2D eigenvalue weighted by molar-refractivity contribution is 8.00. The summed E-state index contributed by atoms with van der Waals surface area (Å²) in [5.74, 6) is 0.0456. The van der Waals surface area contributed by atoms with Crippen LogP contribution in [0.5, 0.6) is 11.5 Å². The normalized spacial score (nSPS) is 18.3. The summed E-state index contributed by atoms with van der Waals surface area (Å²) in [5.41, 5.74) is 3.95. The molecule has 47 heavy (non-hydrogen) atoms. The number of hydrogen-bond donors (Lipinski definition) is 1. The average Bonchev–Trinajstić information content (AvgIpc) is 3.78. The van der Waals surface area contributed by atoms with Crippen molar-refractivity contribution in [2.24, 2.45) is 0 Å². The van der Waals surface area contributed by atoms with Crippen LogP contribution >= 0.6 is 34.7 Å². The van der Waals surface area contributed by atoms with Gasteiger partial charge in [-0.25, -0.2) is 0 Å². The first kappa shape index (κ1) is 31.0. The van der Waals surface area contributed by atoms with Crippen LogP contribution in [-0.4, -0.2) is 33.1 Å². The molecule has 0 unspecified atom stereocenters. The molecule has 11 heteroatoms. The van der Waals surface area contributed by atoms with E-state index in [9.17, 15) is 14.7 Å². The number of anilines is 1. The van der Waals surface area contributed by atoms with E-state index in [2.05, 4.69) is 10.2 Å². The fourth-order valence-electron chi connectivity index (χ4n) is 5.67. The number of carbonyl (C=O) groups is 2. The molecule has 1 saturated heterocycles. The Bertz CT molecular complexity index is 2000. The lowest BCUT2D eigenvalue weighted by Crippen LogP contribution is -2.29. The van der Waals surface area contributed by atoms with Crippen LogP contribution in [0.3, 0.4) is 0 Å². The number of benzene rings is 4. The number of fused-ring (bicyclic) bond motifs is 1. The van der Waals surface area contributed by atoms with Crippen LogP contribution in [0.1, 0.15) is 40.8 Å². The second kappa shape index (κ2) is 13.2. The first-order chi connectivity index (χ1) is 22.8. The Morgan fingerprint density at radius 3 is 2.62 bits per heavy atom. The minimum Gasteiger partial charge on any atom is -0.507 e. The standard InChI is InChI=1S/C36H28ClN3O5S2/c1-21-16-26-17-25(12-15-29(26)45-21)32(41)30-31(24-8-5-9-28(18-24)44-19-22-6-3-2-4-7-22)40(34(43)33(30)42)35-38-39-36(47-35)46-20-23-10-13-27(37)14-11-23/h2-15,17-18,21,31,41H,16,19-20H2,1H3/b32-30+/t21-,31+/m0/s1. The van der Waals surface area contributed by atoms with E-state index in [1.807, 2.05) is 79.7 Å². The Labute approximate surface area is 284 Å². The number of carbonyl (C=O) groups excluding carboxylic acids is 2. The number of amides is 1. The van der Waals surface area contributed by atoms with E-state index in [-0.39, 0.29) is 22.6 Å². The number of aliphatic hydroxyl groups excluding tert-OH is 1. The van der Waals surface area contributed by atoms with Crippen LogP contribution < -0.4 is 14.4 Å². The van der Waals surface area contributed by atoms with Gasteiger partial charge >= 0.3 is 5.91 Å². The van der Waals surface area contributed by atoms with Crippen molar-refractivity contribution in [2.45, 2.75) is 42.2 Å². The molecule has 2 aliphatic heterocycles. The van der Waals surface area contributed by atoms with Gasteiger partial charge in [0.25, 0.3) is 5.78 Å². The van der Waals surface area contributed by atoms with Crippen LogP contribution in [-0.2, 0) is 28.4 Å². The van der Waals surface area contributed by atoms with Gasteiger partial charge in [-0.05, 0) is 71.6 Å². The molecule has 5 aromatic rings. The number of rotatable bonds is 9. The van der Waals surface area contributed by atoms with Gasteiger partial charge in [0, 0.05) is 22.8 Å². The van der Waals surface area contributed by atoms with Crippen LogP contribution in [0.15, 0.2) is 107 Å². The zero-order valence-electron chi connectivity index (χ0n) is 25.1. The summed E-state index contributed by atoms with van der Waals surface area (Å²) in [5, 5.41) is 21.3. The lowest BCUT2D eigenvalue weighted by molar-refractivity contribution is -0.132. The number of nitrogens with zero attached hydrogens (tertiary/aromatic N) is 3. The van der Waals surface area contributed by atoms with Gasteiger partial charge in [-0.2, -0.15) is 0 Å². The van der Waals surface area contributed by atoms with E-state index >= 15 is 0 Å². The molecule has 1 aromatic heterocycles. The molecule has 0 spiro atoms. The zero-order valence-corrected chi connectivity index (χ0v) is 27.5. The molecular weight excluding hydrogens is 654 g/mol. The molecule has 0 bridgehead atoms. The number of aromatic nitrogens is 2. The van der Waals surface area contributed by atoms with Crippen molar-refractivity contribution in [3.8, 4) is 11.5 Å². The van der Waals surface area contributed by atoms with E-state index in [0.29, 0.717) is 45.0 Å². The Morgan fingerprint density at radius 2 is 1.81 bits per heavy atom. The minimum atomic E-state index is -0.972. The van der Waals surface area contributed by atoms with Gasteiger partial charge in [-0.1, -0.05) is 89.3 Å². The first-order valence-electron chi connectivity index (χ1n) is 14.9. The number of hydrogen-bond acceptors (Lipinski definition) is 9. The van der Waals surface area contributed by atoms with Gasteiger partial charge < -0.3 is 14.6 Å². The maximum Gasteiger partial charge on any atom is 0.301 e. The molecule has 0 saturated carbocycles. The Balaban J connectivity index is 1.25. The summed E-state index contributed by atoms with van der Waals surface area (Å²) in [6.45, 7) is 2.31. The highest BCUT2D eigenvalue weighted by Crippen LogP contribution is 2.45. The predicted molar refractivity (Wildman–Crippen MR) is 183 cm³/mol. The van der Waals surface area contributed by atoms with Crippen molar-refractivity contribution in [1.29, 1.82) is 0 Å². The maximum atomic E-state index is 13.8. The van der Waals surface area contributed by atoms with Crippen molar-refractivity contribution < 1.29 is 24.2 Å². The summed E-state index contributed by atoms with van der Waals surface area (Å²) in [4.78, 5) is 28.9. The molecule has 7 rings (SSSR count). The van der Waals surface area contributed by atoms with Gasteiger partial charge in [-0.15, -0.1) is 10.2 Å². The molecule has 0 radical (unpaired) electrons. The Morgan fingerprint density at radius 1 is 1.00 bits per heavy atom. The van der Waals surface area contributed by atoms with Crippen molar-refractivity contribution in [3.05, 3.63) is 135 Å². The first-order valence-corrected chi connectivity index (χ1v) is 17.1. The number of aliphatic hydroxyl groups is 1. The average molecular weight is 682 g/mol. The molecule has 1 amide bonds. The fourth-order valence-corrected chi connectivity index (χ4v) is 7.62. The summed E-state index contributed by atoms with van der Waals surface area (Å²) in [6, 6.07) is 28.8. The van der Waals surface area contributed by atoms with Crippen LogP contribution in [0.4, 0.5) is 5.13 Å². The molecule has 3 heterocycles. The number of ether oxygens (including phenoxy) is 2. The highest BCUT2D eigenvalue weighted by atomic mass is 35.5. The second-order valence-electron chi connectivity index (χ2n) is 11.2. The molecule has 1 fully saturated rings. The Kier molecular flexibility index (Phi) is 8.72. The van der Waals surface area contributed by atoms with Crippen molar-refractivity contribution in [1.82, 2.24) is 10.2 Å². The monoisotopic (exact) mass is 681 g/mol. The number of thioether (sulfide) groups is 1. The molecule has 2 aliphatic rings. The smallest absolute Gasteiger partial charge is 0.301 e. The Hall–Kier alpha value is -4.64. The quantitative estimate of drug-likeness (QED) is 0.0549. The fraction of sp³-hybridized carbons (Fsp3) is 0.167. The summed E-state index contributed by atoms with van der Waals surface area (Å²) >= 11 is 8.70. The van der Waals surface area contributed by atoms with Gasteiger partial charge in [0.1, 0.15) is 30.0 Å². The third-order valence-corrected chi connectivity index (χ3v) is 10.3. The number of Topliss-reactive ketones (excluding diaryl/α,β-unsaturated/α-hetero) is 1. The molecule has 8 nitrogen and oxygen atoms in total. The minimum absolute atomic E-state index is 0.00997. The summed E-state index contributed by atoms with van der Waals surface area (Å²) < 4.78 is 12.6. The largest absolute Gasteiger partial charge is 0.507 e. The molecule has 236 valence electrons. The number of halogens is 1. The molecule has 2 atom stereocenters.